The van der Waals surface area contributed by atoms with Gasteiger partial charge in [0.15, 0.2) is 11.5 Å². The second kappa shape index (κ2) is 11.0. The third kappa shape index (κ3) is 5.89. The van der Waals surface area contributed by atoms with Gasteiger partial charge >= 0.3 is 0 Å². The van der Waals surface area contributed by atoms with Crippen molar-refractivity contribution in [2.24, 2.45) is 0 Å². The number of ether oxygens (including phenoxy) is 1. The minimum atomic E-state index is 0.588. The van der Waals surface area contributed by atoms with E-state index >= 15 is 0 Å². The lowest BCUT2D eigenvalue weighted by Gasteiger charge is -2.33. The predicted octanol–water partition coefficient (Wildman–Crippen LogP) is 1.08. The lowest BCUT2D eigenvalue weighted by atomic mass is 10.1. The number of rotatable bonds is 10. The minimum Gasteiger partial charge on any atom is -0.380 e. The first kappa shape index (κ1) is 22.9. The van der Waals surface area contributed by atoms with Crippen molar-refractivity contribution < 1.29 is 10.1 Å². The molecule has 1 fully saturated rings. The van der Waals surface area contributed by atoms with Crippen LogP contribution in [0.4, 0.5) is 23.3 Å². The van der Waals surface area contributed by atoms with Gasteiger partial charge in [0.2, 0.25) is 11.7 Å². The lowest BCUT2D eigenvalue weighted by molar-refractivity contribution is -0.115. The predicted molar refractivity (Wildman–Crippen MR) is 125 cm³/mol. The van der Waals surface area contributed by atoms with Crippen LogP contribution in [-0.2, 0) is 4.74 Å². The molecule has 2 aromatic rings. The summed E-state index contributed by atoms with van der Waals surface area (Å²) < 4.78 is 5.50. The van der Waals surface area contributed by atoms with Crippen LogP contribution >= 0.6 is 0 Å². The average molecular weight is 428 g/mol. The second-order valence-electron chi connectivity index (χ2n) is 7.68. The number of pyridine rings is 1. The van der Waals surface area contributed by atoms with Gasteiger partial charge in [-0.25, -0.2) is 9.97 Å². The number of anilines is 4. The van der Waals surface area contributed by atoms with Crippen molar-refractivity contribution in [2.75, 3.05) is 68.5 Å². The van der Waals surface area contributed by atoms with Crippen molar-refractivity contribution >= 4 is 29.0 Å². The topological polar surface area (TPSA) is 104 Å². The van der Waals surface area contributed by atoms with Crippen LogP contribution in [0.25, 0.3) is 0 Å². The maximum absolute atomic E-state index is 6.42. The summed E-state index contributed by atoms with van der Waals surface area (Å²) in [5.74, 6) is 2.12. The fourth-order valence-electron chi connectivity index (χ4n) is 3.38. The highest BCUT2D eigenvalue weighted by Crippen LogP contribution is 2.30. The van der Waals surface area contributed by atoms with Gasteiger partial charge in [0.05, 0.1) is 6.61 Å². The molecule has 3 rings (SSSR count). The van der Waals surface area contributed by atoms with E-state index in [0.29, 0.717) is 37.9 Å². The number of hydrogen-bond acceptors (Lipinski definition) is 8. The van der Waals surface area contributed by atoms with Gasteiger partial charge < -0.3 is 25.2 Å². The Morgan fingerprint density at radius 2 is 1.94 bits per heavy atom. The first-order valence-electron chi connectivity index (χ1n) is 11.0. The number of nitrogens with two attached hydrogens (primary N) is 1. The monoisotopic (exact) mass is 427 g/mol. The van der Waals surface area contributed by atoms with Crippen LogP contribution in [0.3, 0.4) is 0 Å². The Bertz CT molecular complexity index is 880. The Morgan fingerprint density at radius 1 is 1.16 bits per heavy atom. The molecule has 1 aliphatic rings. The number of piperazine rings is 1. The number of aromatic nitrogens is 3. The van der Waals surface area contributed by atoms with E-state index in [9.17, 15) is 0 Å². The first-order chi connectivity index (χ1) is 15.0. The zero-order valence-electron chi connectivity index (χ0n) is 19.1. The van der Waals surface area contributed by atoms with Crippen LogP contribution in [0, 0.1) is 6.92 Å². The van der Waals surface area contributed by atoms with Gasteiger partial charge in [-0.05, 0) is 32.5 Å². The van der Waals surface area contributed by atoms with Crippen molar-refractivity contribution in [3.8, 4) is 0 Å². The minimum absolute atomic E-state index is 0.588. The van der Waals surface area contributed by atoms with Crippen molar-refractivity contribution in [3.05, 3.63) is 29.6 Å². The molecule has 1 saturated heterocycles. The Balaban J connectivity index is 2.02. The van der Waals surface area contributed by atoms with Gasteiger partial charge in [-0.15, -0.1) is 0 Å². The summed E-state index contributed by atoms with van der Waals surface area (Å²) in [5.41, 5.74) is 3.27. The van der Waals surface area contributed by atoms with Gasteiger partial charge in [0, 0.05) is 51.9 Å². The summed E-state index contributed by atoms with van der Waals surface area (Å²) in [5, 5.41) is 13.3. The number of aryl methyl sites for hydroxylation is 1. The molecule has 1 aliphatic heterocycles. The molecule has 0 bridgehead atoms. The van der Waals surface area contributed by atoms with Crippen LogP contribution in [0.2, 0.25) is 0 Å². The zero-order valence-corrected chi connectivity index (χ0v) is 19.1. The summed E-state index contributed by atoms with van der Waals surface area (Å²) in [6, 6.07) is 3.94. The molecule has 4 N–H and O–H groups in total. The van der Waals surface area contributed by atoms with E-state index in [1.165, 1.54) is 0 Å². The normalized spacial score (nSPS) is 14.5. The first-order valence-corrected chi connectivity index (χ1v) is 11.0. The van der Waals surface area contributed by atoms with Crippen molar-refractivity contribution in [3.63, 3.8) is 0 Å². The third-order valence-corrected chi connectivity index (χ3v) is 5.37. The van der Waals surface area contributed by atoms with Crippen LogP contribution in [0.1, 0.15) is 31.5 Å². The molecule has 0 unspecified atom stereocenters. The van der Waals surface area contributed by atoms with E-state index in [1.54, 1.807) is 6.20 Å². The molecular weight excluding hydrogens is 392 g/mol. The van der Waals surface area contributed by atoms with Gasteiger partial charge in [-0.1, -0.05) is 13.0 Å². The number of nitrogens with one attached hydrogen (secondary N) is 2. The molecule has 0 saturated carbocycles. The van der Waals surface area contributed by atoms with E-state index in [-0.39, 0.29) is 0 Å². The molecule has 0 amide bonds. The molecule has 9 heteroatoms. The second-order valence-corrected chi connectivity index (χ2v) is 7.68. The van der Waals surface area contributed by atoms with Crippen LogP contribution < -0.4 is 20.9 Å². The molecule has 9 nitrogen and oxygen atoms in total. The molecule has 2 aromatic heterocycles. The fraction of sp³-hybridized carbons (Fsp3) is 0.545. The molecular formula is C22H35N8O+. The molecule has 0 aliphatic carbocycles. The van der Waals surface area contributed by atoms with Crippen LogP contribution in [0.15, 0.2) is 18.3 Å². The molecule has 0 spiro atoms. The molecule has 0 aromatic carbocycles. The van der Waals surface area contributed by atoms with Gasteiger partial charge in [-0.3, -0.25) is 5.41 Å². The van der Waals surface area contributed by atoms with E-state index in [2.05, 4.69) is 32.5 Å². The van der Waals surface area contributed by atoms with E-state index in [1.807, 2.05) is 32.9 Å². The summed E-state index contributed by atoms with van der Waals surface area (Å²) in [4.78, 5) is 18.8. The van der Waals surface area contributed by atoms with Crippen molar-refractivity contribution in [1.29, 1.82) is 0 Å². The molecule has 0 atom stereocenters. The maximum atomic E-state index is 6.42. The largest absolute Gasteiger partial charge is 0.380 e. The van der Waals surface area contributed by atoms with Gasteiger partial charge in [-0.2, -0.15) is 4.98 Å². The standard InChI is InChI=1S/C22H34N8O/c1-5-17(23)18-19(24-10-15-31-6-2)21(27-20-16(3)8-7-9-25-20)28-22(26-18)30-13-11-29(4)12-14-30/h7-9,23-24H,5-6,10-15H2,1-4H3,(H,25,26,27,28)/p+1. The number of likely N-dealkylation sites (N-methyl/N-ethyl adjacent to an activating group) is 1. The van der Waals surface area contributed by atoms with E-state index in [0.717, 1.165) is 54.7 Å². The summed E-state index contributed by atoms with van der Waals surface area (Å²) in [7, 11) is 2.13. The summed E-state index contributed by atoms with van der Waals surface area (Å²) in [6.07, 6.45) is 2.47. The summed E-state index contributed by atoms with van der Waals surface area (Å²) in [6.45, 7) is 11.6. The number of hydrogen-bond donors (Lipinski definition) is 3. The average Bonchev–Trinajstić information content (AvgIpc) is 2.78. The highest BCUT2D eigenvalue weighted by atomic mass is 16.5. The molecule has 168 valence electrons. The summed E-state index contributed by atoms with van der Waals surface area (Å²) >= 11 is 0. The van der Waals surface area contributed by atoms with Crippen molar-refractivity contribution in [2.45, 2.75) is 27.2 Å². The Labute approximate surface area is 184 Å². The molecule has 0 radical (unpaired) electrons. The smallest absolute Gasteiger partial charge is 0.228 e. The van der Waals surface area contributed by atoms with E-state index in [4.69, 9.17) is 20.1 Å². The lowest BCUT2D eigenvalue weighted by Crippen LogP contribution is -2.46. The Morgan fingerprint density at radius 3 is 2.61 bits per heavy atom. The SMILES string of the molecule is CCOCCNc1c(Nc2ncccc2C)nc(N2CCN(C)CC2)nc1C(=[NH2+])CC. The molecule has 31 heavy (non-hydrogen) atoms. The third-order valence-electron chi connectivity index (χ3n) is 5.37. The Hall–Kier alpha value is -2.78. The Kier molecular flexibility index (Phi) is 8.13. The maximum Gasteiger partial charge on any atom is 0.228 e. The van der Waals surface area contributed by atoms with Crippen molar-refractivity contribution in [1.82, 2.24) is 19.9 Å². The highest BCUT2D eigenvalue weighted by Gasteiger charge is 2.24. The quantitative estimate of drug-likeness (QED) is 0.382. The van der Waals surface area contributed by atoms with Gasteiger partial charge in [0.25, 0.3) is 0 Å². The van der Waals surface area contributed by atoms with Crippen LogP contribution in [0.5, 0.6) is 0 Å². The molecule has 3 heterocycles. The zero-order chi connectivity index (χ0) is 22.2. The van der Waals surface area contributed by atoms with Gasteiger partial charge in [0.1, 0.15) is 11.5 Å². The van der Waals surface area contributed by atoms with Crippen LogP contribution in [-0.4, -0.2) is 78.5 Å². The fourth-order valence-corrected chi connectivity index (χ4v) is 3.38. The highest BCUT2D eigenvalue weighted by molar-refractivity contribution is 6.01. The van der Waals surface area contributed by atoms with E-state index < -0.39 is 0 Å². The number of nitrogens with zero attached hydrogens (tertiary/aromatic N) is 5.